The van der Waals surface area contributed by atoms with Crippen molar-refractivity contribution in [3.8, 4) is 0 Å². The SMILES string of the molecule is C1CCC(c2noc(C3CCCOC3)n2)NC1. The van der Waals surface area contributed by atoms with Gasteiger partial charge in [0.2, 0.25) is 5.89 Å². The number of nitrogens with one attached hydrogen (secondary N) is 1. The predicted octanol–water partition coefficient (Wildman–Crippen LogP) is 1.78. The zero-order chi connectivity index (χ0) is 11.5. The minimum Gasteiger partial charge on any atom is -0.381 e. The van der Waals surface area contributed by atoms with Crippen LogP contribution in [-0.2, 0) is 4.74 Å². The highest BCUT2D eigenvalue weighted by molar-refractivity contribution is 5.00. The number of nitrogens with zero attached hydrogens (tertiary/aromatic N) is 2. The maximum Gasteiger partial charge on any atom is 0.232 e. The molecule has 0 aromatic carbocycles. The zero-order valence-electron chi connectivity index (χ0n) is 10.0. The first-order chi connectivity index (χ1) is 8.43. The van der Waals surface area contributed by atoms with Crippen LogP contribution in [0.5, 0.6) is 0 Å². The summed E-state index contributed by atoms with van der Waals surface area (Å²) < 4.78 is 10.8. The van der Waals surface area contributed by atoms with Crippen LogP contribution >= 0.6 is 0 Å². The lowest BCUT2D eigenvalue weighted by Gasteiger charge is -2.20. The van der Waals surface area contributed by atoms with E-state index >= 15 is 0 Å². The van der Waals surface area contributed by atoms with Gasteiger partial charge in [0.05, 0.1) is 18.6 Å². The van der Waals surface area contributed by atoms with Gasteiger partial charge in [0.25, 0.3) is 0 Å². The minimum absolute atomic E-state index is 0.283. The lowest BCUT2D eigenvalue weighted by atomic mass is 10.0. The molecule has 0 amide bonds. The molecule has 2 fully saturated rings. The topological polar surface area (TPSA) is 60.2 Å². The maximum absolute atomic E-state index is 5.45. The fourth-order valence-corrected chi connectivity index (χ4v) is 2.56. The Morgan fingerprint density at radius 2 is 2.18 bits per heavy atom. The van der Waals surface area contributed by atoms with Gasteiger partial charge in [-0.1, -0.05) is 11.6 Å². The van der Waals surface area contributed by atoms with E-state index in [0.717, 1.165) is 50.7 Å². The molecule has 2 unspecified atom stereocenters. The van der Waals surface area contributed by atoms with E-state index in [0.29, 0.717) is 5.92 Å². The van der Waals surface area contributed by atoms with E-state index in [1.165, 1.54) is 12.8 Å². The van der Waals surface area contributed by atoms with Crippen LogP contribution in [0, 0.1) is 0 Å². The third-order valence-electron chi connectivity index (χ3n) is 3.59. The van der Waals surface area contributed by atoms with E-state index in [2.05, 4.69) is 15.5 Å². The molecular formula is C12H19N3O2. The second-order valence-electron chi connectivity index (χ2n) is 4.91. The van der Waals surface area contributed by atoms with Crippen LogP contribution in [0.15, 0.2) is 4.52 Å². The van der Waals surface area contributed by atoms with Crippen LogP contribution in [-0.4, -0.2) is 29.9 Å². The Kier molecular flexibility index (Phi) is 3.38. The molecule has 5 nitrogen and oxygen atoms in total. The zero-order valence-corrected chi connectivity index (χ0v) is 10.0. The van der Waals surface area contributed by atoms with Gasteiger partial charge in [-0.25, -0.2) is 0 Å². The molecule has 1 aromatic rings. The predicted molar refractivity (Wildman–Crippen MR) is 61.7 cm³/mol. The summed E-state index contributed by atoms with van der Waals surface area (Å²) in [5.41, 5.74) is 0. The summed E-state index contributed by atoms with van der Waals surface area (Å²) in [5.74, 6) is 1.88. The second-order valence-corrected chi connectivity index (χ2v) is 4.91. The monoisotopic (exact) mass is 237 g/mol. The van der Waals surface area contributed by atoms with Crippen LogP contribution in [0.4, 0.5) is 0 Å². The highest BCUT2D eigenvalue weighted by Crippen LogP contribution is 2.26. The molecule has 3 rings (SSSR count). The molecule has 0 radical (unpaired) electrons. The lowest BCUT2D eigenvalue weighted by molar-refractivity contribution is 0.0705. The number of piperidine rings is 1. The lowest BCUT2D eigenvalue weighted by Crippen LogP contribution is -2.27. The first-order valence-corrected chi connectivity index (χ1v) is 6.58. The maximum atomic E-state index is 5.45. The highest BCUT2D eigenvalue weighted by atomic mass is 16.5. The van der Waals surface area contributed by atoms with Crippen LogP contribution in [0.3, 0.4) is 0 Å². The Morgan fingerprint density at radius 1 is 1.18 bits per heavy atom. The summed E-state index contributed by atoms with van der Waals surface area (Å²) in [6.07, 6.45) is 5.79. The Hall–Kier alpha value is -0.940. The number of aromatic nitrogens is 2. The largest absolute Gasteiger partial charge is 0.381 e. The third kappa shape index (κ3) is 2.50. The van der Waals surface area contributed by atoms with Crippen molar-refractivity contribution in [2.45, 2.75) is 44.1 Å². The van der Waals surface area contributed by atoms with E-state index in [4.69, 9.17) is 9.26 Å². The fraction of sp³-hybridized carbons (Fsp3) is 0.833. The van der Waals surface area contributed by atoms with Gasteiger partial charge in [0.15, 0.2) is 5.82 Å². The Balaban J connectivity index is 1.68. The van der Waals surface area contributed by atoms with Crippen molar-refractivity contribution in [3.05, 3.63) is 11.7 Å². The molecule has 2 atom stereocenters. The molecule has 17 heavy (non-hydrogen) atoms. The van der Waals surface area contributed by atoms with Gasteiger partial charge >= 0.3 is 0 Å². The van der Waals surface area contributed by atoms with Crippen molar-refractivity contribution >= 4 is 0 Å². The minimum atomic E-state index is 0.283. The first-order valence-electron chi connectivity index (χ1n) is 6.58. The number of rotatable bonds is 2. The molecule has 2 aliphatic rings. The first kappa shape index (κ1) is 11.2. The summed E-state index contributed by atoms with van der Waals surface area (Å²) >= 11 is 0. The van der Waals surface area contributed by atoms with Crippen molar-refractivity contribution in [2.75, 3.05) is 19.8 Å². The molecule has 2 saturated heterocycles. The average Bonchev–Trinajstić information content (AvgIpc) is 2.90. The number of hydrogen-bond donors (Lipinski definition) is 1. The highest BCUT2D eigenvalue weighted by Gasteiger charge is 2.25. The molecule has 3 heterocycles. The van der Waals surface area contributed by atoms with Gasteiger partial charge in [0.1, 0.15) is 0 Å². The molecule has 1 aromatic heterocycles. The molecule has 0 aliphatic carbocycles. The van der Waals surface area contributed by atoms with Gasteiger partial charge < -0.3 is 14.6 Å². The Morgan fingerprint density at radius 3 is 2.94 bits per heavy atom. The van der Waals surface area contributed by atoms with Crippen LogP contribution in [0.25, 0.3) is 0 Å². The van der Waals surface area contributed by atoms with Gasteiger partial charge in [-0.15, -0.1) is 0 Å². The number of hydrogen-bond acceptors (Lipinski definition) is 5. The van der Waals surface area contributed by atoms with Crippen molar-refractivity contribution in [1.82, 2.24) is 15.5 Å². The van der Waals surface area contributed by atoms with Gasteiger partial charge in [-0.3, -0.25) is 0 Å². The Labute approximate surface area is 101 Å². The van der Waals surface area contributed by atoms with Crippen LogP contribution in [0.1, 0.15) is 55.8 Å². The normalized spacial score (nSPS) is 30.4. The standard InChI is InChI=1S/C12H19N3O2/c1-2-6-13-10(5-1)11-14-12(17-15-11)9-4-3-7-16-8-9/h9-10,13H,1-8H2. The summed E-state index contributed by atoms with van der Waals surface area (Å²) in [4.78, 5) is 4.54. The van der Waals surface area contributed by atoms with Crippen LogP contribution < -0.4 is 5.32 Å². The summed E-state index contributed by atoms with van der Waals surface area (Å²) in [6, 6.07) is 0.283. The molecule has 0 spiro atoms. The molecular weight excluding hydrogens is 218 g/mol. The van der Waals surface area contributed by atoms with E-state index in [1.54, 1.807) is 0 Å². The van der Waals surface area contributed by atoms with E-state index in [1.807, 2.05) is 0 Å². The van der Waals surface area contributed by atoms with E-state index < -0.39 is 0 Å². The van der Waals surface area contributed by atoms with Crippen LogP contribution in [0.2, 0.25) is 0 Å². The molecule has 5 heteroatoms. The quantitative estimate of drug-likeness (QED) is 0.849. The van der Waals surface area contributed by atoms with Gasteiger partial charge in [-0.2, -0.15) is 4.98 Å². The molecule has 0 bridgehead atoms. The summed E-state index contributed by atoms with van der Waals surface area (Å²) in [7, 11) is 0. The number of ether oxygens (including phenoxy) is 1. The molecule has 1 N–H and O–H groups in total. The van der Waals surface area contributed by atoms with Gasteiger partial charge in [0, 0.05) is 6.61 Å². The van der Waals surface area contributed by atoms with Crippen molar-refractivity contribution in [1.29, 1.82) is 0 Å². The van der Waals surface area contributed by atoms with Crippen molar-refractivity contribution in [2.24, 2.45) is 0 Å². The molecule has 2 aliphatic heterocycles. The summed E-state index contributed by atoms with van der Waals surface area (Å²) in [5, 5.41) is 7.55. The fourth-order valence-electron chi connectivity index (χ4n) is 2.56. The van der Waals surface area contributed by atoms with E-state index in [-0.39, 0.29) is 6.04 Å². The van der Waals surface area contributed by atoms with Gasteiger partial charge in [-0.05, 0) is 32.2 Å². The van der Waals surface area contributed by atoms with E-state index in [9.17, 15) is 0 Å². The second kappa shape index (κ2) is 5.14. The smallest absolute Gasteiger partial charge is 0.232 e. The summed E-state index contributed by atoms with van der Waals surface area (Å²) in [6.45, 7) is 2.64. The Bertz CT molecular complexity index is 322. The van der Waals surface area contributed by atoms with Crippen molar-refractivity contribution < 1.29 is 9.26 Å². The average molecular weight is 237 g/mol. The van der Waals surface area contributed by atoms with Crippen molar-refractivity contribution in [3.63, 3.8) is 0 Å². The molecule has 0 saturated carbocycles. The molecule has 94 valence electrons. The third-order valence-corrected chi connectivity index (χ3v) is 3.59.